The van der Waals surface area contributed by atoms with E-state index in [0.29, 0.717) is 5.02 Å². The molecule has 0 spiro atoms. The van der Waals surface area contributed by atoms with Crippen molar-refractivity contribution in [1.82, 2.24) is 5.32 Å². The van der Waals surface area contributed by atoms with Crippen molar-refractivity contribution >= 4 is 17.5 Å². The van der Waals surface area contributed by atoms with Crippen LogP contribution in [0.1, 0.15) is 36.8 Å². The van der Waals surface area contributed by atoms with Crippen molar-refractivity contribution in [2.24, 2.45) is 0 Å². The molecule has 0 atom stereocenters. The molecule has 0 aliphatic heterocycles. The first-order valence-electron chi connectivity index (χ1n) is 8.29. The number of aryl methyl sites for hydroxylation is 1. The molecule has 1 amide bonds. The Morgan fingerprint density at radius 3 is 2.52 bits per heavy atom. The zero-order chi connectivity index (χ0) is 16.1. The minimum Gasteiger partial charge on any atom is -0.355 e. The molecule has 3 rings (SSSR count). The van der Waals surface area contributed by atoms with Gasteiger partial charge in [0.05, 0.1) is 5.41 Å². The van der Waals surface area contributed by atoms with Crippen molar-refractivity contribution in [3.63, 3.8) is 0 Å². The van der Waals surface area contributed by atoms with Gasteiger partial charge in [0.25, 0.3) is 0 Å². The average Bonchev–Trinajstić information content (AvgIpc) is 2.52. The Morgan fingerprint density at radius 2 is 1.87 bits per heavy atom. The van der Waals surface area contributed by atoms with Crippen LogP contribution >= 0.6 is 11.6 Å². The third-order valence-corrected chi connectivity index (χ3v) is 5.02. The molecule has 1 saturated carbocycles. The fraction of sp³-hybridized carbons (Fsp3) is 0.350. The Hall–Kier alpha value is -1.80. The van der Waals surface area contributed by atoms with Crippen LogP contribution in [0.15, 0.2) is 54.6 Å². The van der Waals surface area contributed by atoms with Crippen LogP contribution in [-0.4, -0.2) is 12.5 Å². The van der Waals surface area contributed by atoms with Gasteiger partial charge in [0.2, 0.25) is 5.91 Å². The maximum absolute atomic E-state index is 12.7. The molecular formula is C20H22ClNO. The SMILES string of the molecule is O=C(NCCCc1ccccc1)C1(c2cccc(Cl)c2)CCC1. The van der Waals surface area contributed by atoms with Crippen LogP contribution in [-0.2, 0) is 16.6 Å². The molecule has 23 heavy (non-hydrogen) atoms. The summed E-state index contributed by atoms with van der Waals surface area (Å²) in [4.78, 5) is 12.7. The molecular weight excluding hydrogens is 306 g/mol. The highest BCUT2D eigenvalue weighted by Gasteiger charge is 2.45. The van der Waals surface area contributed by atoms with Crippen molar-refractivity contribution in [3.8, 4) is 0 Å². The summed E-state index contributed by atoms with van der Waals surface area (Å²) >= 11 is 6.10. The number of nitrogens with one attached hydrogen (secondary N) is 1. The molecule has 0 unspecified atom stereocenters. The lowest BCUT2D eigenvalue weighted by atomic mass is 9.64. The first-order valence-corrected chi connectivity index (χ1v) is 8.67. The molecule has 120 valence electrons. The van der Waals surface area contributed by atoms with Crippen LogP contribution in [0, 0.1) is 0 Å². The van der Waals surface area contributed by atoms with E-state index in [1.807, 2.05) is 30.3 Å². The van der Waals surface area contributed by atoms with Gasteiger partial charge in [0, 0.05) is 11.6 Å². The Kier molecular flexibility index (Phi) is 5.02. The Labute approximate surface area is 142 Å². The number of halogens is 1. The van der Waals surface area contributed by atoms with Gasteiger partial charge in [0.15, 0.2) is 0 Å². The molecule has 0 aromatic heterocycles. The fourth-order valence-electron chi connectivity index (χ4n) is 3.27. The summed E-state index contributed by atoms with van der Waals surface area (Å²) in [6.07, 6.45) is 4.88. The third kappa shape index (κ3) is 3.59. The molecule has 3 heteroatoms. The lowest BCUT2D eigenvalue weighted by Crippen LogP contribution is -2.49. The van der Waals surface area contributed by atoms with Crippen molar-refractivity contribution < 1.29 is 4.79 Å². The van der Waals surface area contributed by atoms with Crippen LogP contribution in [0.25, 0.3) is 0 Å². The molecule has 0 heterocycles. The maximum Gasteiger partial charge on any atom is 0.230 e. The van der Waals surface area contributed by atoms with Crippen molar-refractivity contribution in [1.29, 1.82) is 0 Å². The summed E-state index contributed by atoms with van der Waals surface area (Å²) in [5.74, 6) is 0.152. The molecule has 0 saturated heterocycles. The van der Waals surface area contributed by atoms with E-state index in [0.717, 1.165) is 44.2 Å². The standard InChI is InChI=1S/C20H22ClNO/c21-18-11-4-10-17(15-18)20(12-6-13-20)19(23)22-14-5-9-16-7-2-1-3-8-16/h1-4,7-8,10-11,15H,5-6,9,12-14H2,(H,22,23). The van der Waals surface area contributed by atoms with Gasteiger partial charge in [-0.1, -0.05) is 60.5 Å². The normalized spacial score (nSPS) is 15.7. The zero-order valence-corrected chi connectivity index (χ0v) is 14.0. The van der Waals surface area contributed by atoms with Gasteiger partial charge in [-0.3, -0.25) is 4.79 Å². The Bertz CT molecular complexity index is 664. The van der Waals surface area contributed by atoms with E-state index in [-0.39, 0.29) is 11.3 Å². The highest BCUT2D eigenvalue weighted by molar-refractivity contribution is 6.30. The topological polar surface area (TPSA) is 29.1 Å². The van der Waals surface area contributed by atoms with E-state index in [1.54, 1.807) is 0 Å². The monoisotopic (exact) mass is 327 g/mol. The number of hydrogen-bond acceptors (Lipinski definition) is 1. The van der Waals surface area contributed by atoms with Crippen LogP contribution in [0.2, 0.25) is 5.02 Å². The van der Waals surface area contributed by atoms with E-state index in [4.69, 9.17) is 11.6 Å². The number of amides is 1. The smallest absolute Gasteiger partial charge is 0.230 e. The van der Waals surface area contributed by atoms with Gasteiger partial charge in [-0.15, -0.1) is 0 Å². The second-order valence-electron chi connectivity index (χ2n) is 6.29. The third-order valence-electron chi connectivity index (χ3n) is 4.79. The minimum absolute atomic E-state index is 0.152. The molecule has 2 aromatic carbocycles. The molecule has 1 aliphatic carbocycles. The van der Waals surface area contributed by atoms with Crippen molar-refractivity contribution in [2.75, 3.05) is 6.54 Å². The highest BCUT2D eigenvalue weighted by Crippen LogP contribution is 2.44. The van der Waals surface area contributed by atoms with E-state index in [9.17, 15) is 4.79 Å². The average molecular weight is 328 g/mol. The molecule has 2 nitrogen and oxygen atoms in total. The predicted octanol–water partition coefficient (Wildman–Crippen LogP) is 4.51. The quantitative estimate of drug-likeness (QED) is 0.777. The van der Waals surface area contributed by atoms with Crippen LogP contribution < -0.4 is 5.32 Å². The summed E-state index contributed by atoms with van der Waals surface area (Å²) < 4.78 is 0. The largest absolute Gasteiger partial charge is 0.355 e. The fourth-order valence-corrected chi connectivity index (χ4v) is 3.46. The second kappa shape index (κ2) is 7.18. The second-order valence-corrected chi connectivity index (χ2v) is 6.73. The zero-order valence-electron chi connectivity index (χ0n) is 13.2. The van der Waals surface area contributed by atoms with Gasteiger partial charge >= 0.3 is 0 Å². The van der Waals surface area contributed by atoms with Crippen LogP contribution in [0.4, 0.5) is 0 Å². The van der Waals surface area contributed by atoms with Gasteiger partial charge in [-0.05, 0) is 48.9 Å². The predicted molar refractivity (Wildman–Crippen MR) is 94.8 cm³/mol. The van der Waals surface area contributed by atoms with Gasteiger partial charge in [-0.25, -0.2) is 0 Å². The van der Waals surface area contributed by atoms with Gasteiger partial charge in [-0.2, -0.15) is 0 Å². The van der Waals surface area contributed by atoms with E-state index < -0.39 is 0 Å². The summed E-state index contributed by atoms with van der Waals surface area (Å²) in [5.41, 5.74) is 2.00. The Balaban J connectivity index is 1.56. The molecule has 1 N–H and O–H groups in total. The lowest BCUT2D eigenvalue weighted by Gasteiger charge is -2.40. The maximum atomic E-state index is 12.7. The molecule has 0 bridgehead atoms. The molecule has 1 aliphatic rings. The molecule has 0 radical (unpaired) electrons. The Morgan fingerprint density at radius 1 is 1.09 bits per heavy atom. The van der Waals surface area contributed by atoms with Crippen LogP contribution in [0.3, 0.4) is 0 Å². The van der Waals surface area contributed by atoms with E-state index >= 15 is 0 Å². The van der Waals surface area contributed by atoms with Crippen molar-refractivity contribution in [2.45, 2.75) is 37.5 Å². The van der Waals surface area contributed by atoms with Crippen molar-refractivity contribution in [3.05, 3.63) is 70.7 Å². The minimum atomic E-state index is -0.363. The number of rotatable bonds is 6. The number of carbonyl (C=O) groups excluding carboxylic acids is 1. The summed E-state index contributed by atoms with van der Waals surface area (Å²) in [7, 11) is 0. The van der Waals surface area contributed by atoms with E-state index in [2.05, 4.69) is 29.6 Å². The first-order chi connectivity index (χ1) is 11.2. The van der Waals surface area contributed by atoms with Gasteiger partial charge in [0.1, 0.15) is 0 Å². The highest BCUT2D eigenvalue weighted by atomic mass is 35.5. The van der Waals surface area contributed by atoms with Crippen LogP contribution in [0.5, 0.6) is 0 Å². The molecule has 1 fully saturated rings. The van der Waals surface area contributed by atoms with Gasteiger partial charge < -0.3 is 5.32 Å². The summed E-state index contributed by atoms with van der Waals surface area (Å²) in [5, 5.41) is 3.83. The van der Waals surface area contributed by atoms with E-state index in [1.165, 1.54) is 5.56 Å². The number of hydrogen-bond donors (Lipinski definition) is 1. The summed E-state index contributed by atoms with van der Waals surface area (Å²) in [6, 6.07) is 18.1. The first kappa shape index (κ1) is 16.1. The molecule has 2 aromatic rings. The lowest BCUT2D eigenvalue weighted by molar-refractivity contribution is -0.129. The summed E-state index contributed by atoms with van der Waals surface area (Å²) in [6.45, 7) is 0.718. The number of benzene rings is 2. The number of carbonyl (C=O) groups is 1.